The zero-order valence-electron chi connectivity index (χ0n) is 18.6. The van der Waals surface area contributed by atoms with Gasteiger partial charge in [0.15, 0.2) is 0 Å². The van der Waals surface area contributed by atoms with Gasteiger partial charge in [0.1, 0.15) is 5.75 Å². The monoisotopic (exact) mass is 482 g/mol. The van der Waals surface area contributed by atoms with Gasteiger partial charge in [0, 0.05) is 22.8 Å². The lowest BCUT2D eigenvalue weighted by Gasteiger charge is -2.14. The molecule has 0 saturated heterocycles. The van der Waals surface area contributed by atoms with Crippen molar-refractivity contribution in [2.45, 2.75) is 39.4 Å². The maximum atomic E-state index is 10.6. The van der Waals surface area contributed by atoms with E-state index in [0.717, 1.165) is 41.4 Å². The first-order valence-corrected chi connectivity index (χ1v) is 10.6. The van der Waals surface area contributed by atoms with Crippen LogP contribution in [0.3, 0.4) is 0 Å². The summed E-state index contributed by atoms with van der Waals surface area (Å²) in [6.07, 6.45) is -1.25. The number of para-hydroxylation sites is 1. The number of nitrogens with zero attached hydrogens (tertiary/aromatic N) is 2. The van der Waals surface area contributed by atoms with Gasteiger partial charge < -0.3 is 14.4 Å². The van der Waals surface area contributed by atoms with Crippen molar-refractivity contribution in [2.24, 2.45) is 5.92 Å². The van der Waals surface area contributed by atoms with Gasteiger partial charge in [-0.25, -0.2) is 9.78 Å². The number of alkyl halides is 3. The fourth-order valence-electron chi connectivity index (χ4n) is 3.23. The number of aliphatic carboxylic acids is 1. The van der Waals surface area contributed by atoms with Gasteiger partial charge in [0.25, 0.3) is 0 Å². The van der Waals surface area contributed by atoms with Gasteiger partial charge in [-0.05, 0) is 42.5 Å². The normalized spacial score (nSPS) is 11.2. The summed E-state index contributed by atoms with van der Waals surface area (Å²) in [5.74, 6) is -1.27. The molecule has 2 aromatic carbocycles. The molecule has 0 aliphatic carbocycles. The third-order valence-corrected chi connectivity index (χ3v) is 4.94. The number of carbonyl (C=O) groups is 1. The molecule has 1 aromatic heterocycles. The minimum atomic E-state index is -5.08. The third kappa shape index (κ3) is 7.82. The molecule has 3 aromatic rings. The number of ether oxygens (including phenoxy) is 1. The molecule has 33 heavy (non-hydrogen) atoms. The fraction of sp³-hybridized carbons (Fsp3) is 0.333. The van der Waals surface area contributed by atoms with Gasteiger partial charge >= 0.3 is 12.1 Å². The van der Waals surface area contributed by atoms with E-state index in [1.807, 2.05) is 36.7 Å². The van der Waals surface area contributed by atoms with Crippen molar-refractivity contribution in [1.82, 2.24) is 9.55 Å². The van der Waals surface area contributed by atoms with Crippen molar-refractivity contribution < 1.29 is 27.8 Å². The average molecular weight is 483 g/mol. The van der Waals surface area contributed by atoms with Gasteiger partial charge in [-0.3, -0.25) is 0 Å². The Balaban J connectivity index is 0.000000479. The summed E-state index contributed by atoms with van der Waals surface area (Å²) in [5.41, 5.74) is 4.58. The highest BCUT2D eigenvalue weighted by atomic mass is 35.5. The fourth-order valence-corrected chi connectivity index (χ4v) is 3.42. The predicted molar refractivity (Wildman–Crippen MR) is 122 cm³/mol. The summed E-state index contributed by atoms with van der Waals surface area (Å²) in [4.78, 5) is 13.6. The second-order valence-corrected chi connectivity index (χ2v) is 8.14. The SMILES string of the molecule is COc1ccccc1CCn1cnc(-c2cccc(Cl)c2)c1CC(C)C.O=C(O)C(F)(F)F. The number of benzene rings is 2. The Morgan fingerprint density at radius 2 is 1.85 bits per heavy atom. The number of aromatic nitrogens is 2. The molecule has 0 bridgehead atoms. The van der Waals surface area contributed by atoms with Gasteiger partial charge in [-0.2, -0.15) is 13.2 Å². The molecule has 0 aliphatic rings. The summed E-state index contributed by atoms with van der Waals surface area (Å²) in [6.45, 7) is 5.34. The molecule has 0 spiro atoms. The number of hydrogen-bond acceptors (Lipinski definition) is 3. The zero-order valence-corrected chi connectivity index (χ0v) is 19.3. The van der Waals surface area contributed by atoms with Crippen LogP contribution in [0.15, 0.2) is 54.9 Å². The van der Waals surface area contributed by atoms with Crippen LogP contribution in [0.2, 0.25) is 5.02 Å². The highest BCUT2D eigenvalue weighted by Crippen LogP contribution is 2.27. The lowest BCUT2D eigenvalue weighted by Crippen LogP contribution is -2.21. The zero-order chi connectivity index (χ0) is 24.6. The Morgan fingerprint density at radius 1 is 1.18 bits per heavy atom. The number of carboxylic acids is 1. The summed E-state index contributed by atoms with van der Waals surface area (Å²) < 4.78 is 39.5. The van der Waals surface area contributed by atoms with Crippen molar-refractivity contribution in [3.8, 4) is 17.0 Å². The minimum Gasteiger partial charge on any atom is -0.496 e. The number of imidazole rings is 1. The molecular formula is C24H26ClF3N2O3. The van der Waals surface area contributed by atoms with E-state index in [1.165, 1.54) is 11.3 Å². The molecule has 5 nitrogen and oxygen atoms in total. The number of rotatable bonds is 7. The quantitative estimate of drug-likeness (QED) is 0.430. The Hall–Kier alpha value is -3.00. The average Bonchev–Trinajstić information content (AvgIpc) is 3.14. The highest BCUT2D eigenvalue weighted by Gasteiger charge is 2.38. The topological polar surface area (TPSA) is 64.4 Å². The number of methoxy groups -OCH3 is 1. The molecule has 0 radical (unpaired) electrons. The van der Waals surface area contributed by atoms with E-state index in [4.69, 9.17) is 31.2 Å². The predicted octanol–water partition coefficient (Wildman–Crippen LogP) is 6.29. The van der Waals surface area contributed by atoms with Crippen LogP contribution in [-0.4, -0.2) is 33.9 Å². The first kappa shape index (κ1) is 26.3. The number of carboxylic acid groups (broad SMARTS) is 1. The van der Waals surface area contributed by atoms with Gasteiger partial charge in [-0.1, -0.05) is 55.8 Å². The molecule has 0 saturated carbocycles. The third-order valence-electron chi connectivity index (χ3n) is 4.70. The maximum absolute atomic E-state index is 10.6. The van der Waals surface area contributed by atoms with Crippen LogP contribution < -0.4 is 4.74 Å². The first-order valence-electron chi connectivity index (χ1n) is 10.2. The number of aryl methyl sites for hydroxylation is 2. The second kappa shape index (κ2) is 11.7. The number of halogens is 4. The van der Waals surface area contributed by atoms with Crippen LogP contribution in [-0.2, 0) is 24.2 Å². The molecule has 1 heterocycles. The van der Waals surface area contributed by atoms with E-state index >= 15 is 0 Å². The molecule has 0 amide bonds. The number of hydrogen-bond donors (Lipinski definition) is 1. The Labute approximate surface area is 195 Å². The largest absolute Gasteiger partial charge is 0.496 e. The second-order valence-electron chi connectivity index (χ2n) is 7.71. The van der Waals surface area contributed by atoms with Crippen LogP contribution in [0, 0.1) is 5.92 Å². The molecular weight excluding hydrogens is 457 g/mol. The molecule has 9 heteroatoms. The Bertz CT molecular complexity index is 1070. The van der Waals surface area contributed by atoms with Crippen LogP contribution >= 0.6 is 11.6 Å². The van der Waals surface area contributed by atoms with E-state index < -0.39 is 12.1 Å². The van der Waals surface area contributed by atoms with Crippen LogP contribution in [0.25, 0.3) is 11.3 Å². The molecule has 0 aliphatic heterocycles. The van der Waals surface area contributed by atoms with Gasteiger partial charge in [0.05, 0.1) is 19.1 Å². The summed E-state index contributed by atoms with van der Waals surface area (Å²) in [6, 6.07) is 16.1. The van der Waals surface area contributed by atoms with E-state index in [-0.39, 0.29) is 0 Å². The van der Waals surface area contributed by atoms with E-state index in [1.54, 1.807) is 7.11 Å². The molecule has 0 fully saturated rings. The molecule has 1 N–H and O–H groups in total. The van der Waals surface area contributed by atoms with Crippen molar-refractivity contribution in [2.75, 3.05) is 7.11 Å². The summed E-state index contributed by atoms with van der Waals surface area (Å²) in [7, 11) is 1.72. The van der Waals surface area contributed by atoms with Crippen LogP contribution in [0.4, 0.5) is 13.2 Å². The van der Waals surface area contributed by atoms with Crippen molar-refractivity contribution in [3.63, 3.8) is 0 Å². The van der Waals surface area contributed by atoms with Crippen molar-refractivity contribution >= 4 is 17.6 Å². The Kier molecular flexibility index (Phi) is 9.34. The van der Waals surface area contributed by atoms with E-state index in [2.05, 4.69) is 36.6 Å². The summed E-state index contributed by atoms with van der Waals surface area (Å²) in [5, 5.41) is 7.86. The lowest BCUT2D eigenvalue weighted by atomic mass is 10.0. The first-order chi connectivity index (χ1) is 15.5. The summed E-state index contributed by atoms with van der Waals surface area (Å²) >= 11 is 6.19. The van der Waals surface area contributed by atoms with Crippen molar-refractivity contribution in [1.29, 1.82) is 0 Å². The molecule has 0 atom stereocenters. The van der Waals surface area contributed by atoms with E-state index in [9.17, 15) is 13.2 Å². The smallest absolute Gasteiger partial charge is 0.490 e. The van der Waals surface area contributed by atoms with Crippen LogP contribution in [0.5, 0.6) is 5.75 Å². The standard InChI is InChI=1S/C22H25ClN2O.C2HF3O2/c1-16(2)13-20-22(18-8-6-9-19(23)14-18)24-15-25(20)12-11-17-7-4-5-10-21(17)26-3;3-2(4,5)1(6)7/h4-10,14-16H,11-13H2,1-3H3;(H,6,7). The highest BCUT2D eigenvalue weighted by molar-refractivity contribution is 6.30. The van der Waals surface area contributed by atoms with Crippen molar-refractivity contribution in [3.05, 3.63) is 71.1 Å². The van der Waals surface area contributed by atoms with E-state index in [0.29, 0.717) is 5.92 Å². The Morgan fingerprint density at radius 3 is 2.42 bits per heavy atom. The minimum absolute atomic E-state index is 0.551. The molecule has 178 valence electrons. The van der Waals surface area contributed by atoms with Crippen LogP contribution in [0.1, 0.15) is 25.1 Å². The van der Waals surface area contributed by atoms with Gasteiger partial charge in [0.2, 0.25) is 0 Å². The lowest BCUT2D eigenvalue weighted by molar-refractivity contribution is -0.192. The van der Waals surface area contributed by atoms with Gasteiger partial charge in [-0.15, -0.1) is 0 Å². The maximum Gasteiger partial charge on any atom is 0.490 e. The molecule has 3 rings (SSSR count). The molecule has 0 unspecified atom stereocenters.